The minimum Gasteiger partial charge on any atom is -0.328 e. The Morgan fingerprint density at radius 1 is 1.11 bits per heavy atom. The highest BCUT2D eigenvalue weighted by Gasteiger charge is 2.09. The Hall–Kier alpha value is -0.670. The molecule has 0 aliphatic carbocycles. The molecule has 0 radical (unpaired) electrons. The molecule has 0 amide bonds. The Morgan fingerprint density at radius 3 is 2.58 bits per heavy atom. The van der Waals surface area contributed by atoms with Crippen molar-refractivity contribution in [3.8, 4) is 0 Å². The molecule has 0 aliphatic rings. The van der Waals surface area contributed by atoms with Crippen LogP contribution < -0.4 is 5.73 Å². The zero-order chi connectivity index (χ0) is 13.8. The van der Waals surface area contributed by atoms with Crippen LogP contribution in [0.2, 0.25) is 10.0 Å². The molecule has 0 saturated heterocycles. The minimum atomic E-state index is 0.136. The first-order valence-electron chi connectivity index (χ1n) is 6.02. The molecule has 2 aromatic rings. The molecule has 0 bridgehead atoms. The molecule has 2 rings (SSSR count). The topological polar surface area (TPSA) is 26.0 Å². The first-order chi connectivity index (χ1) is 9.06. The maximum atomic E-state index is 6.20. The summed E-state index contributed by atoms with van der Waals surface area (Å²) in [5, 5.41) is 1.40. The van der Waals surface area contributed by atoms with E-state index in [0.717, 1.165) is 11.3 Å². The van der Waals surface area contributed by atoms with Gasteiger partial charge in [-0.1, -0.05) is 53.2 Å². The summed E-state index contributed by atoms with van der Waals surface area (Å²) in [6, 6.07) is 13.9. The van der Waals surface area contributed by atoms with Gasteiger partial charge in [0.15, 0.2) is 0 Å². The summed E-state index contributed by atoms with van der Waals surface area (Å²) in [4.78, 5) is 2.13. The van der Waals surface area contributed by atoms with Crippen molar-refractivity contribution in [1.29, 1.82) is 0 Å². The molecule has 0 aromatic heterocycles. The van der Waals surface area contributed by atoms with Crippen LogP contribution in [0.5, 0.6) is 0 Å². The summed E-state index contributed by atoms with van der Waals surface area (Å²) >= 11 is 13.8. The molecular formula is C15H15Cl2NS. The number of nitrogens with two attached hydrogens (primary N) is 1. The van der Waals surface area contributed by atoms with Crippen molar-refractivity contribution < 1.29 is 0 Å². The Labute approximate surface area is 128 Å². The normalized spacial score (nSPS) is 12.4. The summed E-state index contributed by atoms with van der Waals surface area (Å²) in [6.45, 7) is 2.01. The van der Waals surface area contributed by atoms with Crippen LogP contribution in [0.3, 0.4) is 0 Å². The van der Waals surface area contributed by atoms with Gasteiger partial charge < -0.3 is 5.73 Å². The van der Waals surface area contributed by atoms with Crippen molar-refractivity contribution in [3.05, 3.63) is 58.1 Å². The zero-order valence-corrected chi connectivity index (χ0v) is 12.9. The van der Waals surface area contributed by atoms with Crippen molar-refractivity contribution in [2.45, 2.75) is 29.2 Å². The second kappa shape index (κ2) is 6.67. The van der Waals surface area contributed by atoms with E-state index in [0.29, 0.717) is 10.0 Å². The zero-order valence-electron chi connectivity index (χ0n) is 10.6. The lowest BCUT2D eigenvalue weighted by Gasteiger charge is -2.12. The van der Waals surface area contributed by atoms with Crippen molar-refractivity contribution in [2.24, 2.45) is 5.73 Å². The summed E-state index contributed by atoms with van der Waals surface area (Å²) in [5.74, 6) is 0. The van der Waals surface area contributed by atoms with Gasteiger partial charge in [-0.05, 0) is 43.2 Å². The van der Waals surface area contributed by atoms with Gasteiger partial charge >= 0.3 is 0 Å². The summed E-state index contributed by atoms with van der Waals surface area (Å²) in [7, 11) is 0. The predicted octanol–water partition coefficient (Wildman–Crippen LogP) is 5.03. The Bertz CT molecular complexity index is 570. The molecule has 0 aliphatic heterocycles. The van der Waals surface area contributed by atoms with Gasteiger partial charge in [-0.25, -0.2) is 0 Å². The Morgan fingerprint density at radius 2 is 1.84 bits per heavy atom. The molecule has 4 heteroatoms. The van der Waals surface area contributed by atoms with E-state index in [-0.39, 0.29) is 6.04 Å². The van der Waals surface area contributed by atoms with E-state index in [1.807, 2.05) is 31.2 Å². The standard InChI is InChI=1S/C15H15Cl2NS/c1-10(18)8-11-4-2-3-5-14(11)19-15-9-12(16)6-7-13(15)17/h2-7,9-10H,8,18H2,1H3. The molecule has 0 fully saturated rings. The quantitative estimate of drug-likeness (QED) is 0.856. The largest absolute Gasteiger partial charge is 0.328 e. The summed E-state index contributed by atoms with van der Waals surface area (Å²) in [6.07, 6.45) is 0.849. The van der Waals surface area contributed by atoms with E-state index in [1.165, 1.54) is 10.5 Å². The van der Waals surface area contributed by atoms with Crippen molar-refractivity contribution >= 4 is 35.0 Å². The SMILES string of the molecule is CC(N)Cc1ccccc1Sc1cc(Cl)ccc1Cl. The molecule has 0 heterocycles. The number of halogens is 2. The molecule has 1 atom stereocenters. The Balaban J connectivity index is 2.30. The molecule has 19 heavy (non-hydrogen) atoms. The fraction of sp³-hybridized carbons (Fsp3) is 0.200. The number of hydrogen-bond donors (Lipinski definition) is 1. The molecule has 1 unspecified atom stereocenters. The second-order valence-corrected chi connectivity index (χ2v) is 6.39. The fourth-order valence-corrected chi connectivity index (χ4v) is 3.28. The van der Waals surface area contributed by atoms with Crippen LogP contribution in [0.4, 0.5) is 0 Å². The minimum absolute atomic E-state index is 0.136. The van der Waals surface area contributed by atoms with Crippen molar-refractivity contribution in [2.75, 3.05) is 0 Å². The van der Waals surface area contributed by atoms with E-state index in [2.05, 4.69) is 12.1 Å². The molecule has 2 aromatic carbocycles. The predicted molar refractivity (Wildman–Crippen MR) is 84.4 cm³/mol. The van der Waals surface area contributed by atoms with Crippen LogP contribution in [-0.4, -0.2) is 6.04 Å². The first kappa shape index (κ1) is 14.7. The third kappa shape index (κ3) is 4.15. The average molecular weight is 312 g/mol. The number of rotatable bonds is 4. The lowest BCUT2D eigenvalue weighted by Crippen LogP contribution is -2.18. The summed E-state index contributed by atoms with van der Waals surface area (Å²) in [5.41, 5.74) is 7.12. The van der Waals surface area contributed by atoms with Crippen LogP contribution in [0.15, 0.2) is 52.3 Å². The average Bonchev–Trinajstić information content (AvgIpc) is 2.35. The molecule has 0 saturated carbocycles. The van der Waals surface area contributed by atoms with Gasteiger partial charge in [0, 0.05) is 20.9 Å². The van der Waals surface area contributed by atoms with E-state index in [4.69, 9.17) is 28.9 Å². The van der Waals surface area contributed by atoms with E-state index < -0.39 is 0 Å². The highest BCUT2D eigenvalue weighted by molar-refractivity contribution is 7.99. The van der Waals surface area contributed by atoms with Gasteiger partial charge in [-0.15, -0.1) is 0 Å². The van der Waals surface area contributed by atoms with Crippen LogP contribution in [0, 0.1) is 0 Å². The highest BCUT2D eigenvalue weighted by atomic mass is 35.5. The lowest BCUT2D eigenvalue weighted by molar-refractivity contribution is 0.729. The Kier molecular flexibility index (Phi) is 5.17. The van der Waals surface area contributed by atoms with Crippen molar-refractivity contribution in [1.82, 2.24) is 0 Å². The van der Waals surface area contributed by atoms with Crippen LogP contribution in [0.25, 0.3) is 0 Å². The monoisotopic (exact) mass is 311 g/mol. The number of hydrogen-bond acceptors (Lipinski definition) is 2. The second-order valence-electron chi connectivity index (χ2n) is 4.47. The van der Waals surface area contributed by atoms with E-state index in [1.54, 1.807) is 17.8 Å². The van der Waals surface area contributed by atoms with E-state index >= 15 is 0 Å². The molecule has 2 N–H and O–H groups in total. The molecule has 100 valence electrons. The third-order valence-corrected chi connectivity index (χ3v) is 4.48. The maximum absolute atomic E-state index is 6.20. The van der Waals surface area contributed by atoms with Gasteiger partial charge in [0.2, 0.25) is 0 Å². The maximum Gasteiger partial charge on any atom is 0.0546 e. The van der Waals surface area contributed by atoms with Crippen LogP contribution in [-0.2, 0) is 6.42 Å². The smallest absolute Gasteiger partial charge is 0.0546 e. The molecule has 1 nitrogen and oxygen atoms in total. The van der Waals surface area contributed by atoms with Gasteiger partial charge in [0.1, 0.15) is 0 Å². The van der Waals surface area contributed by atoms with E-state index in [9.17, 15) is 0 Å². The van der Waals surface area contributed by atoms with Gasteiger partial charge in [-0.2, -0.15) is 0 Å². The van der Waals surface area contributed by atoms with Crippen LogP contribution >= 0.6 is 35.0 Å². The summed E-state index contributed by atoms with van der Waals surface area (Å²) < 4.78 is 0. The first-order valence-corrected chi connectivity index (χ1v) is 7.60. The molecular weight excluding hydrogens is 297 g/mol. The van der Waals surface area contributed by atoms with Gasteiger partial charge in [0.05, 0.1) is 5.02 Å². The molecule has 0 spiro atoms. The lowest BCUT2D eigenvalue weighted by atomic mass is 10.1. The van der Waals surface area contributed by atoms with Crippen LogP contribution in [0.1, 0.15) is 12.5 Å². The van der Waals surface area contributed by atoms with Gasteiger partial charge in [-0.3, -0.25) is 0 Å². The highest BCUT2D eigenvalue weighted by Crippen LogP contribution is 2.36. The number of benzene rings is 2. The van der Waals surface area contributed by atoms with Crippen molar-refractivity contribution in [3.63, 3.8) is 0 Å². The third-order valence-electron chi connectivity index (χ3n) is 2.63. The fourth-order valence-electron chi connectivity index (χ4n) is 1.79. The van der Waals surface area contributed by atoms with Gasteiger partial charge in [0.25, 0.3) is 0 Å².